The Balaban J connectivity index is 1.80. The van der Waals surface area contributed by atoms with Gasteiger partial charge in [0, 0.05) is 23.3 Å². The maximum absolute atomic E-state index is 12.1. The number of hydrogen-bond donors (Lipinski definition) is 1. The average molecular weight is 329 g/mol. The maximum atomic E-state index is 12.1. The first-order chi connectivity index (χ1) is 11.1. The van der Waals surface area contributed by atoms with E-state index in [-0.39, 0.29) is 6.03 Å². The summed E-state index contributed by atoms with van der Waals surface area (Å²) < 4.78 is 5.56. The number of benzene rings is 2. The van der Waals surface area contributed by atoms with Crippen molar-refractivity contribution in [3.05, 3.63) is 59.1 Å². The van der Waals surface area contributed by atoms with Gasteiger partial charge in [-0.15, -0.1) is 6.42 Å². The maximum Gasteiger partial charge on any atom is 0.321 e. The van der Waals surface area contributed by atoms with E-state index in [0.717, 1.165) is 5.56 Å². The minimum atomic E-state index is -0.223. The Labute approximate surface area is 141 Å². The van der Waals surface area contributed by atoms with Crippen molar-refractivity contribution in [2.75, 3.05) is 25.5 Å². The molecule has 0 aromatic heterocycles. The quantitative estimate of drug-likeness (QED) is 0.847. The first-order valence-electron chi connectivity index (χ1n) is 7.05. The summed E-state index contributed by atoms with van der Waals surface area (Å²) in [6.45, 7) is 0.833. The van der Waals surface area contributed by atoms with E-state index in [4.69, 9.17) is 22.8 Å². The van der Waals surface area contributed by atoms with Gasteiger partial charge in [-0.3, -0.25) is 0 Å². The van der Waals surface area contributed by atoms with Crippen LogP contribution in [0.15, 0.2) is 48.5 Å². The van der Waals surface area contributed by atoms with E-state index in [1.807, 2.05) is 0 Å². The normalized spacial score (nSPS) is 9.78. The van der Waals surface area contributed by atoms with Crippen LogP contribution in [0, 0.1) is 12.3 Å². The zero-order valence-corrected chi connectivity index (χ0v) is 13.5. The molecule has 5 heteroatoms. The highest BCUT2D eigenvalue weighted by molar-refractivity contribution is 6.30. The molecule has 0 spiro atoms. The fourth-order valence-electron chi connectivity index (χ4n) is 1.84. The van der Waals surface area contributed by atoms with Crippen molar-refractivity contribution >= 4 is 23.3 Å². The average Bonchev–Trinajstić information content (AvgIpc) is 2.56. The Bertz CT molecular complexity index is 708. The molecule has 2 rings (SSSR count). The number of carbonyl (C=O) groups is 1. The number of carbonyl (C=O) groups excluding carboxylic acids is 1. The molecule has 1 N–H and O–H groups in total. The van der Waals surface area contributed by atoms with Gasteiger partial charge in [0.15, 0.2) is 0 Å². The monoisotopic (exact) mass is 328 g/mol. The molecular formula is C18H17ClN2O2. The van der Waals surface area contributed by atoms with Crippen molar-refractivity contribution in [1.82, 2.24) is 4.90 Å². The van der Waals surface area contributed by atoms with Crippen LogP contribution in [0.3, 0.4) is 0 Å². The predicted octanol–water partition coefficient (Wildman–Crippen LogP) is 3.86. The first-order valence-corrected chi connectivity index (χ1v) is 7.43. The second-order valence-corrected chi connectivity index (χ2v) is 5.32. The van der Waals surface area contributed by atoms with Crippen LogP contribution in [0.25, 0.3) is 0 Å². The topological polar surface area (TPSA) is 41.6 Å². The lowest BCUT2D eigenvalue weighted by Gasteiger charge is -2.18. The third-order valence-corrected chi connectivity index (χ3v) is 3.39. The van der Waals surface area contributed by atoms with E-state index in [2.05, 4.69) is 11.2 Å². The second-order valence-electron chi connectivity index (χ2n) is 4.88. The molecule has 0 unspecified atom stereocenters. The lowest BCUT2D eigenvalue weighted by atomic mass is 10.2. The number of urea groups is 1. The van der Waals surface area contributed by atoms with Crippen LogP contribution in [0.4, 0.5) is 10.5 Å². The molecule has 0 saturated heterocycles. The van der Waals surface area contributed by atoms with Crippen LogP contribution in [-0.2, 0) is 0 Å². The number of likely N-dealkylation sites (N-methyl/N-ethyl adjacent to an activating group) is 1. The predicted molar refractivity (Wildman–Crippen MR) is 93.0 cm³/mol. The minimum Gasteiger partial charge on any atom is -0.492 e. The van der Waals surface area contributed by atoms with Gasteiger partial charge in [0.2, 0.25) is 0 Å². The zero-order chi connectivity index (χ0) is 16.7. The number of halogens is 1. The molecule has 118 valence electrons. The highest BCUT2D eigenvalue weighted by Gasteiger charge is 2.09. The summed E-state index contributed by atoms with van der Waals surface area (Å²) in [6.07, 6.45) is 5.34. The molecule has 0 aliphatic heterocycles. The number of amides is 2. The standard InChI is InChI=1S/C18H17ClN2O2/c1-3-14-5-4-6-16(13-14)20-18(22)21(2)11-12-23-17-9-7-15(19)8-10-17/h1,4-10,13H,11-12H2,2H3,(H,20,22). The molecular weight excluding hydrogens is 312 g/mol. The van der Waals surface area contributed by atoms with Crippen LogP contribution in [-0.4, -0.2) is 31.1 Å². The van der Waals surface area contributed by atoms with E-state index >= 15 is 0 Å². The molecule has 2 amide bonds. The summed E-state index contributed by atoms with van der Waals surface area (Å²) in [5.74, 6) is 3.24. The lowest BCUT2D eigenvalue weighted by molar-refractivity contribution is 0.207. The number of nitrogens with one attached hydrogen (secondary N) is 1. The molecule has 0 aliphatic rings. The molecule has 0 heterocycles. The van der Waals surface area contributed by atoms with Crippen LogP contribution in [0.5, 0.6) is 5.75 Å². The Hall–Kier alpha value is -2.64. The molecule has 23 heavy (non-hydrogen) atoms. The lowest BCUT2D eigenvalue weighted by Crippen LogP contribution is -2.34. The van der Waals surface area contributed by atoms with E-state index in [1.165, 1.54) is 0 Å². The molecule has 2 aromatic carbocycles. The summed E-state index contributed by atoms with van der Waals surface area (Å²) >= 11 is 5.81. The molecule has 4 nitrogen and oxygen atoms in total. The summed E-state index contributed by atoms with van der Waals surface area (Å²) in [6, 6.07) is 14.0. The first kappa shape index (κ1) is 16.7. The van der Waals surface area contributed by atoms with Gasteiger partial charge in [-0.2, -0.15) is 0 Å². The molecule has 0 saturated carbocycles. The van der Waals surface area contributed by atoms with Gasteiger partial charge >= 0.3 is 6.03 Å². The van der Waals surface area contributed by atoms with E-state index in [0.29, 0.717) is 29.6 Å². The second kappa shape index (κ2) is 8.11. The van der Waals surface area contributed by atoms with Crippen molar-refractivity contribution in [1.29, 1.82) is 0 Å². The number of anilines is 1. The van der Waals surface area contributed by atoms with Crippen molar-refractivity contribution in [2.24, 2.45) is 0 Å². The highest BCUT2D eigenvalue weighted by Crippen LogP contribution is 2.15. The van der Waals surface area contributed by atoms with Gasteiger partial charge in [0.05, 0.1) is 6.54 Å². The van der Waals surface area contributed by atoms with Crippen molar-refractivity contribution in [2.45, 2.75) is 0 Å². The number of terminal acetylenes is 1. The van der Waals surface area contributed by atoms with Gasteiger partial charge in [-0.1, -0.05) is 23.6 Å². The number of ether oxygens (including phenoxy) is 1. The highest BCUT2D eigenvalue weighted by atomic mass is 35.5. The molecule has 0 radical (unpaired) electrons. The molecule has 0 aliphatic carbocycles. The Morgan fingerprint density at radius 3 is 2.74 bits per heavy atom. The van der Waals surface area contributed by atoms with E-state index in [1.54, 1.807) is 60.5 Å². The van der Waals surface area contributed by atoms with E-state index < -0.39 is 0 Å². The van der Waals surface area contributed by atoms with Crippen LogP contribution in [0.1, 0.15) is 5.56 Å². The van der Waals surface area contributed by atoms with Crippen LogP contribution in [0.2, 0.25) is 5.02 Å². The fraction of sp³-hybridized carbons (Fsp3) is 0.167. The largest absolute Gasteiger partial charge is 0.492 e. The number of hydrogen-bond acceptors (Lipinski definition) is 2. The zero-order valence-electron chi connectivity index (χ0n) is 12.8. The Morgan fingerprint density at radius 1 is 1.30 bits per heavy atom. The van der Waals surface area contributed by atoms with Crippen LogP contribution >= 0.6 is 11.6 Å². The van der Waals surface area contributed by atoms with Gasteiger partial charge < -0.3 is 15.0 Å². The third kappa shape index (κ3) is 5.24. The van der Waals surface area contributed by atoms with Crippen molar-refractivity contribution in [3.8, 4) is 18.1 Å². The summed E-state index contributed by atoms with van der Waals surface area (Å²) in [5, 5.41) is 3.45. The third-order valence-electron chi connectivity index (χ3n) is 3.14. The van der Waals surface area contributed by atoms with Gasteiger partial charge in [0.1, 0.15) is 12.4 Å². The Kier molecular flexibility index (Phi) is 5.90. The van der Waals surface area contributed by atoms with Gasteiger partial charge in [-0.25, -0.2) is 4.79 Å². The van der Waals surface area contributed by atoms with Crippen LogP contribution < -0.4 is 10.1 Å². The summed E-state index contributed by atoms with van der Waals surface area (Å²) in [5.41, 5.74) is 1.38. The minimum absolute atomic E-state index is 0.223. The van der Waals surface area contributed by atoms with Crippen molar-refractivity contribution < 1.29 is 9.53 Å². The van der Waals surface area contributed by atoms with Gasteiger partial charge in [0.25, 0.3) is 0 Å². The summed E-state index contributed by atoms with van der Waals surface area (Å²) in [4.78, 5) is 13.6. The molecule has 0 fully saturated rings. The number of rotatable bonds is 5. The Morgan fingerprint density at radius 2 is 2.04 bits per heavy atom. The molecule has 0 bridgehead atoms. The SMILES string of the molecule is C#Cc1cccc(NC(=O)N(C)CCOc2ccc(Cl)cc2)c1. The smallest absolute Gasteiger partial charge is 0.321 e. The summed E-state index contributed by atoms with van der Waals surface area (Å²) in [7, 11) is 1.70. The van der Waals surface area contributed by atoms with E-state index in [9.17, 15) is 4.79 Å². The van der Waals surface area contributed by atoms with Crippen molar-refractivity contribution in [3.63, 3.8) is 0 Å². The van der Waals surface area contributed by atoms with Gasteiger partial charge in [-0.05, 0) is 42.5 Å². The molecule has 2 aromatic rings. The number of nitrogens with zero attached hydrogens (tertiary/aromatic N) is 1. The molecule has 0 atom stereocenters. The fourth-order valence-corrected chi connectivity index (χ4v) is 1.96.